The summed E-state index contributed by atoms with van der Waals surface area (Å²) in [4.78, 5) is 4.01. The molecule has 0 amide bonds. The van der Waals surface area contributed by atoms with E-state index in [1.165, 1.54) is 6.07 Å². The van der Waals surface area contributed by atoms with Crippen molar-refractivity contribution in [3.63, 3.8) is 0 Å². The third-order valence-electron chi connectivity index (χ3n) is 2.39. The van der Waals surface area contributed by atoms with E-state index in [0.29, 0.717) is 5.88 Å². The molecule has 1 aromatic carbocycles. The Bertz CT molecular complexity index is 588. The molecule has 2 rings (SSSR count). The van der Waals surface area contributed by atoms with Crippen LogP contribution in [0.1, 0.15) is 5.56 Å². The smallest absolute Gasteiger partial charge is 0.213 e. The second-order valence-corrected chi connectivity index (χ2v) is 3.43. The van der Waals surface area contributed by atoms with Gasteiger partial charge in [0, 0.05) is 12.3 Å². The fourth-order valence-electron chi connectivity index (χ4n) is 1.51. The number of nitrogens with zero attached hydrogens (tertiary/aromatic N) is 2. The van der Waals surface area contributed by atoms with Gasteiger partial charge < -0.3 is 9.84 Å². The summed E-state index contributed by atoms with van der Waals surface area (Å²) in [5.41, 5.74) is 1.96. The quantitative estimate of drug-likeness (QED) is 0.853. The van der Waals surface area contributed by atoms with E-state index >= 15 is 0 Å². The van der Waals surface area contributed by atoms with Crippen molar-refractivity contribution in [1.29, 1.82) is 5.26 Å². The minimum Gasteiger partial charge on any atom is -0.507 e. The lowest BCUT2D eigenvalue weighted by atomic mass is 10.0. The van der Waals surface area contributed by atoms with Crippen molar-refractivity contribution in [3.05, 3.63) is 42.1 Å². The fraction of sp³-hybridized carbons (Fsp3) is 0.0769. The van der Waals surface area contributed by atoms with Crippen molar-refractivity contribution >= 4 is 0 Å². The molecule has 4 heteroatoms. The molecule has 0 saturated carbocycles. The zero-order valence-corrected chi connectivity index (χ0v) is 9.21. The van der Waals surface area contributed by atoms with Gasteiger partial charge in [0.05, 0.1) is 12.7 Å². The number of pyridine rings is 1. The van der Waals surface area contributed by atoms with Crippen molar-refractivity contribution in [2.45, 2.75) is 0 Å². The van der Waals surface area contributed by atoms with E-state index in [2.05, 4.69) is 4.98 Å². The molecule has 0 aliphatic rings. The third-order valence-corrected chi connectivity index (χ3v) is 2.39. The Labute approximate surface area is 98.7 Å². The van der Waals surface area contributed by atoms with Crippen molar-refractivity contribution in [3.8, 4) is 28.8 Å². The molecule has 0 aliphatic heterocycles. The average molecular weight is 226 g/mol. The topological polar surface area (TPSA) is 66.1 Å². The van der Waals surface area contributed by atoms with Crippen LogP contribution in [0.3, 0.4) is 0 Å². The molecule has 4 nitrogen and oxygen atoms in total. The molecule has 1 aromatic heterocycles. The van der Waals surface area contributed by atoms with Crippen LogP contribution in [-0.2, 0) is 0 Å². The summed E-state index contributed by atoms with van der Waals surface area (Å²) in [6, 6.07) is 10.4. The van der Waals surface area contributed by atoms with Gasteiger partial charge in [-0.05, 0) is 29.3 Å². The van der Waals surface area contributed by atoms with E-state index in [0.717, 1.165) is 11.1 Å². The van der Waals surface area contributed by atoms with Crippen LogP contribution >= 0.6 is 0 Å². The number of ether oxygens (including phenoxy) is 1. The van der Waals surface area contributed by atoms with Crippen molar-refractivity contribution < 1.29 is 9.84 Å². The number of phenolic OH excluding ortho intramolecular Hbond substituents is 1. The number of benzene rings is 1. The zero-order valence-electron chi connectivity index (χ0n) is 9.21. The number of nitriles is 1. The van der Waals surface area contributed by atoms with Crippen LogP contribution in [0.5, 0.6) is 11.6 Å². The maximum absolute atomic E-state index is 9.42. The Hall–Kier alpha value is -2.54. The first-order valence-corrected chi connectivity index (χ1v) is 4.98. The average Bonchev–Trinajstić information content (AvgIpc) is 2.39. The monoisotopic (exact) mass is 226 g/mol. The summed E-state index contributed by atoms with van der Waals surface area (Å²) < 4.78 is 5.03. The summed E-state index contributed by atoms with van der Waals surface area (Å²) in [5.74, 6) is 0.492. The molecule has 0 fully saturated rings. The van der Waals surface area contributed by atoms with Gasteiger partial charge in [0.1, 0.15) is 11.8 Å². The summed E-state index contributed by atoms with van der Waals surface area (Å²) in [6.07, 6.45) is 1.63. The van der Waals surface area contributed by atoms with Gasteiger partial charge in [-0.3, -0.25) is 0 Å². The molecule has 0 unspecified atom stereocenters. The Morgan fingerprint density at radius 2 is 2.00 bits per heavy atom. The molecule has 84 valence electrons. The molecular formula is C13H10N2O2. The molecule has 0 saturated heterocycles. The molecule has 0 atom stereocenters. The Kier molecular flexibility index (Phi) is 2.93. The van der Waals surface area contributed by atoms with Gasteiger partial charge >= 0.3 is 0 Å². The van der Waals surface area contributed by atoms with Crippen molar-refractivity contribution in [1.82, 2.24) is 4.98 Å². The second kappa shape index (κ2) is 4.54. The maximum Gasteiger partial charge on any atom is 0.213 e. The maximum atomic E-state index is 9.42. The van der Waals surface area contributed by atoms with E-state index in [1.54, 1.807) is 31.5 Å². The Morgan fingerprint density at radius 3 is 2.71 bits per heavy atom. The lowest BCUT2D eigenvalue weighted by Gasteiger charge is -2.05. The Morgan fingerprint density at radius 1 is 1.24 bits per heavy atom. The number of methoxy groups -OCH3 is 1. The van der Waals surface area contributed by atoms with Crippen LogP contribution in [0.25, 0.3) is 11.1 Å². The number of aromatic hydroxyl groups is 1. The molecule has 0 radical (unpaired) electrons. The normalized spacial score (nSPS) is 9.65. The van der Waals surface area contributed by atoms with Gasteiger partial charge in [-0.1, -0.05) is 6.07 Å². The van der Waals surface area contributed by atoms with E-state index in [9.17, 15) is 5.11 Å². The fourth-order valence-corrected chi connectivity index (χ4v) is 1.51. The van der Waals surface area contributed by atoms with E-state index in [1.807, 2.05) is 12.1 Å². The highest BCUT2D eigenvalue weighted by atomic mass is 16.5. The van der Waals surface area contributed by atoms with Crippen LogP contribution in [0.2, 0.25) is 0 Å². The lowest BCUT2D eigenvalue weighted by molar-refractivity contribution is 0.398. The van der Waals surface area contributed by atoms with Crippen molar-refractivity contribution in [2.24, 2.45) is 0 Å². The van der Waals surface area contributed by atoms with Crippen LogP contribution in [0.4, 0.5) is 0 Å². The van der Waals surface area contributed by atoms with Gasteiger partial charge in [0.15, 0.2) is 0 Å². The molecule has 2 aromatic rings. The summed E-state index contributed by atoms with van der Waals surface area (Å²) >= 11 is 0. The minimum atomic E-state index is -0.0164. The number of hydrogen-bond acceptors (Lipinski definition) is 4. The van der Waals surface area contributed by atoms with Gasteiger partial charge in [-0.2, -0.15) is 5.26 Å². The summed E-state index contributed by atoms with van der Waals surface area (Å²) in [7, 11) is 1.55. The number of hydrogen-bond donors (Lipinski definition) is 1. The van der Waals surface area contributed by atoms with Crippen LogP contribution in [0.15, 0.2) is 36.5 Å². The third kappa shape index (κ3) is 2.18. The van der Waals surface area contributed by atoms with Gasteiger partial charge in [-0.15, -0.1) is 0 Å². The SMILES string of the molecule is COc1cc(-c2ccc(O)c(C#N)c2)ccn1. The predicted molar refractivity (Wildman–Crippen MR) is 62.6 cm³/mol. The first-order valence-electron chi connectivity index (χ1n) is 4.98. The predicted octanol–water partition coefficient (Wildman–Crippen LogP) is 2.33. The van der Waals surface area contributed by atoms with Crippen LogP contribution in [0, 0.1) is 11.3 Å². The molecule has 0 spiro atoms. The highest BCUT2D eigenvalue weighted by molar-refractivity contribution is 5.67. The molecule has 1 heterocycles. The molecular weight excluding hydrogens is 216 g/mol. The summed E-state index contributed by atoms with van der Waals surface area (Å²) in [5, 5.41) is 18.3. The molecule has 17 heavy (non-hydrogen) atoms. The highest BCUT2D eigenvalue weighted by Crippen LogP contribution is 2.26. The van der Waals surface area contributed by atoms with E-state index in [-0.39, 0.29) is 11.3 Å². The van der Waals surface area contributed by atoms with Crippen LogP contribution in [-0.4, -0.2) is 17.2 Å². The minimum absolute atomic E-state index is 0.0164. The lowest BCUT2D eigenvalue weighted by Crippen LogP contribution is -1.88. The van der Waals surface area contributed by atoms with Gasteiger partial charge in [-0.25, -0.2) is 4.98 Å². The number of phenols is 1. The second-order valence-electron chi connectivity index (χ2n) is 3.43. The zero-order chi connectivity index (χ0) is 12.3. The molecule has 0 bridgehead atoms. The highest BCUT2D eigenvalue weighted by Gasteiger charge is 2.05. The number of aromatic nitrogens is 1. The van der Waals surface area contributed by atoms with Gasteiger partial charge in [0.2, 0.25) is 5.88 Å². The largest absolute Gasteiger partial charge is 0.507 e. The molecule has 1 N–H and O–H groups in total. The van der Waals surface area contributed by atoms with Crippen molar-refractivity contribution in [2.75, 3.05) is 7.11 Å². The standard InChI is InChI=1S/C13H10N2O2/c1-17-13-7-10(4-5-15-13)9-2-3-12(16)11(6-9)8-14/h2-7,16H,1H3. The number of rotatable bonds is 2. The van der Waals surface area contributed by atoms with Crippen LogP contribution < -0.4 is 4.74 Å². The van der Waals surface area contributed by atoms with E-state index < -0.39 is 0 Å². The first kappa shape index (κ1) is 11.0. The van der Waals surface area contributed by atoms with Gasteiger partial charge in [0.25, 0.3) is 0 Å². The van der Waals surface area contributed by atoms with E-state index in [4.69, 9.17) is 10.00 Å². The first-order chi connectivity index (χ1) is 8.24. The Balaban J connectivity index is 2.49. The molecule has 0 aliphatic carbocycles. The summed E-state index contributed by atoms with van der Waals surface area (Å²) in [6.45, 7) is 0.